The molecule has 0 amide bonds. The molecule has 0 spiro atoms. The first-order chi connectivity index (χ1) is 8.99. The van der Waals surface area contributed by atoms with Gasteiger partial charge in [-0.15, -0.1) is 11.3 Å². The van der Waals surface area contributed by atoms with E-state index in [1.54, 1.807) is 17.5 Å². The predicted octanol–water partition coefficient (Wildman–Crippen LogP) is 2.44. The molecule has 2 rings (SSSR count). The van der Waals surface area contributed by atoms with Gasteiger partial charge in [-0.1, -0.05) is 0 Å². The van der Waals surface area contributed by atoms with E-state index >= 15 is 0 Å². The predicted molar refractivity (Wildman–Crippen MR) is 72.7 cm³/mol. The fraction of sp³-hybridized carbons (Fsp3) is 0.300. The highest BCUT2D eigenvalue weighted by Crippen LogP contribution is 2.29. The van der Waals surface area contributed by atoms with Crippen LogP contribution in [-0.2, 0) is 6.54 Å². The zero-order valence-electron chi connectivity index (χ0n) is 10.2. The highest BCUT2D eigenvalue weighted by molar-refractivity contribution is 7.07. The summed E-state index contributed by atoms with van der Waals surface area (Å²) in [5, 5.41) is 13.0. The molecule has 2 aromatic rings. The monoisotopic (exact) mass is 299 g/mol. The molecule has 0 fully saturated rings. The summed E-state index contributed by atoms with van der Waals surface area (Å²) < 4.78 is 0. The topological polar surface area (TPSA) is 85.0 Å². The minimum absolute atomic E-state index is 0.0109. The SMILES string of the molecule is Cc1nc(Cl)nc(N(C)Cc2cscn2)c1[N+](=O)[O-]. The van der Waals surface area contributed by atoms with Crippen LogP contribution in [0.4, 0.5) is 11.5 Å². The molecule has 0 saturated heterocycles. The zero-order valence-corrected chi connectivity index (χ0v) is 11.8. The summed E-state index contributed by atoms with van der Waals surface area (Å²) in [4.78, 5) is 24.1. The third-order valence-corrected chi connectivity index (χ3v) is 3.24. The molecule has 0 saturated carbocycles. The Kier molecular flexibility index (Phi) is 3.91. The fourth-order valence-corrected chi connectivity index (χ4v) is 2.39. The summed E-state index contributed by atoms with van der Waals surface area (Å²) in [6.45, 7) is 1.95. The molecule has 0 unspecified atom stereocenters. The molecule has 7 nitrogen and oxygen atoms in total. The van der Waals surface area contributed by atoms with Crippen LogP contribution in [0, 0.1) is 17.0 Å². The van der Waals surface area contributed by atoms with Crippen molar-refractivity contribution in [1.82, 2.24) is 15.0 Å². The lowest BCUT2D eigenvalue weighted by molar-refractivity contribution is -0.385. The van der Waals surface area contributed by atoms with E-state index in [1.165, 1.54) is 18.3 Å². The Morgan fingerprint density at radius 2 is 2.26 bits per heavy atom. The highest BCUT2D eigenvalue weighted by Gasteiger charge is 2.24. The first kappa shape index (κ1) is 13.6. The molecule has 19 heavy (non-hydrogen) atoms. The maximum Gasteiger partial charge on any atom is 0.332 e. The number of rotatable bonds is 4. The van der Waals surface area contributed by atoms with Gasteiger partial charge < -0.3 is 4.90 Å². The number of aromatic nitrogens is 3. The van der Waals surface area contributed by atoms with Crippen molar-refractivity contribution in [3.05, 3.63) is 37.7 Å². The molecule has 0 bridgehead atoms. The lowest BCUT2D eigenvalue weighted by Gasteiger charge is -2.17. The van der Waals surface area contributed by atoms with Gasteiger partial charge in [0.15, 0.2) is 0 Å². The summed E-state index contributed by atoms with van der Waals surface area (Å²) in [6.07, 6.45) is 0. The van der Waals surface area contributed by atoms with Gasteiger partial charge in [0.2, 0.25) is 11.1 Å². The molecule has 9 heteroatoms. The minimum atomic E-state index is -0.501. The number of anilines is 1. The van der Waals surface area contributed by atoms with Crippen molar-refractivity contribution in [3.8, 4) is 0 Å². The van der Waals surface area contributed by atoms with Gasteiger partial charge in [0.1, 0.15) is 5.69 Å². The largest absolute Gasteiger partial charge is 0.348 e. The van der Waals surface area contributed by atoms with E-state index < -0.39 is 4.92 Å². The zero-order chi connectivity index (χ0) is 14.0. The van der Waals surface area contributed by atoms with E-state index in [-0.39, 0.29) is 22.5 Å². The molecule has 2 heterocycles. The van der Waals surface area contributed by atoms with Crippen LogP contribution in [0.25, 0.3) is 0 Å². The lowest BCUT2D eigenvalue weighted by atomic mass is 10.3. The Balaban J connectivity index is 2.40. The third kappa shape index (κ3) is 2.96. The maximum absolute atomic E-state index is 11.1. The summed E-state index contributed by atoms with van der Waals surface area (Å²) in [7, 11) is 1.70. The molecular weight excluding hydrogens is 290 g/mol. The van der Waals surface area contributed by atoms with E-state index in [4.69, 9.17) is 11.6 Å². The second-order valence-electron chi connectivity index (χ2n) is 3.84. The number of nitro groups is 1. The third-order valence-electron chi connectivity index (χ3n) is 2.44. The molecule has 0 N–H and O–H groups in total. The van der Waals surface area contributed by atoms with Crippen LogP contribution in [-0.4, -0.2) is 26.9 Å². The van der Waals surface area contributed by atoms with Crippen molar-refractivity contribution in [1.29, 1.82) is 0 Å². The van der Waals surface area contributed by atoms with E-state index in [2.05, 4.69) is 15.0 Å². The molecule has 0 atom stereocenters. The van der Waals surface area contributed by atoms with Gasteiger partial charge in [-0.3, -0.25) is 10.1 Å². The lowest BCUT2D eigenvalue weighted by Crippen LogP contribution is -2.20. The molecule has 0 radical (unpaired) electrons. The Labute approximate surface area is 118 Å². The van der Waals surface area contributed by atoms with Crippen molar-refractivity contribution in [2.45, 2.75) is 13.5 Å². The number of thiazole rings is 1. The van der Waals surface area contributed by atoms with Crippen molar-refractivity contribution in [2.75, 3.05) is 11.9 Å². The normalized spacial score (nSPS) is 10.5. The van der Waals surface area contributed by atoms with E-state index in [0.717, 1.165) is 5.69 Å². The summed E-state index contributed by atoms with van der Waals surface area (Å²) in [5.41, 5.74) is 2.62. The molecule has 0 aromatic carbocycles. The van der Waals surface area contributed by atoms with E-state index in [1.807, 2.05) is 5.38 Å². The smallest absolute Gasteiger partial charge is 0.332 e. The number of hydrogen-bond acceptors (Lipinski definition) is 7. The van der Waals surface area contributed by atoms with Crippen LogP contribution < -0.4 is 4.90 Å². The molecular formula is C10H10ClN5O2S. The van der Waals surface area contributed by atoms with Crippen LogP contribution >= 0.6 is 22.9 Å². The standard InChI is InChI=1S/C10H10ClN5O2S/c1-6-8(16(17)18)9(14-10(11)13-6)15(2)3-7-4-19-5-12-7/h4-5H,3H2,1-2H3. The van der Waals surface area contributed by atoms with Crippen molar-refractivity contribution in [3.63, 3.8) is 0 Å². The molecule has 2 aromatic heterocycles. The highest BCUT2D eigenvalue weighted by atomic mass is 35.5. The van der Waals surface area contributed by atoms with Crippen LogP contribution in [0.2, 0.25) is 5.28 Å². The first-order valence-electron chi connectivity index (χ1n) is 5.25. The van der Waals surface area contributed by atoms with Gasteiger partial charge in [-0.2, -0.15) is 4.98 Å². The molecule has 0 aliphatic rings. The quantitative estimate of drug-likeness (QED) is 0.490. The van der Waals surface area contributed by atoms with Crippen molar-refractivity contribution < 1.29 is 4.92 Å². The number of hydrogen-bond donors (Lipinski definition) is 0. The Morgan fingerprint density at radius 3 is 2.84 bits per heavy atom. The van der Waals surface area contributed by atoms with Gasteiger partial charge in [0.25, 0.3) is 0 Å². The summed E-state index contributed by atoms with van der Waals surface area (Å²) >= 11 is 7.23. The molecule has 0 aliphatic carbocycles. The van der Waals surface area contributed by atoms with Gasteiger partial charge in [-0.25, -0.2) is 9.97 Å². The van der Waals surface area contributed by atoms with Crippen LogP contribution in [0.1, 0.15) is 11.4 Å². The Bertz CT molecular complexity index is 604. The van der Waals surface area contributed by atoms with Gasteiger partial charge >= 0.3 is 5.69 Å². The van der Waals surface area contributed by atoms with Gasteiger partial charge in [0.05, 0.1) is 22.7 Å². The second-order valence-corrected chi connectivity index (χ2v) is 4.90. The fourth-order valence-electron chi connectivity index (χ4n) is 1.63. The van der Waals surface area contributed by atoms with Crippen LogP contribution in [0.15, 0.2) is 10.9 Å². The Hall–Kier alpha value is -1.80. The van der Waals surface area contributed by atoms with Crippen LogP contribution in [0.3, 0.4) is 0 Å². The van der Waals surface area contributed by atoms with Crippen LogP contribution in [0.5, 0.6) is 0 Å². The van der Waals surface area contributed by atoms with Crippen molar-refractivity contribution >= 4 is 34.4 Å². The van der Waals surface area contributed by atoms with Gasteiger partial charge in [-0.05, 0) is 18.5 Å². The maximum atomic E-state index is 11.1. The number of nitrogens with zero attached hydrogens (tertiary/aromatic N) is 5. The number of halogens is 1. The average molecular weight is 300 g/mol. The average Bonchev–Trinajstić information content (AvgIpc) is 2.79. The Morgan fingerprint density at radius 1 is 1.53 bits per heavy atom. The second kappa shape index (κ2) is 5.45. The van der Waals surface area contributed by atoms with Crippen molar-refractivity contribution in [2.24, 2.45) is 0 Å². The molecule has 100 valence electrons. The first-order valence-corrected chi connectivity index (χ1v) is 6.58. The van der Waals surface area contributed by atoms with Gasteiger partial charge in [0, 0.05) is 12.4 Å². The molecule has 0 aliphatic heterocycles. The summed E-state index contributed by atoms with van der Waals surface area (Å²) in [5.74, 6) is 0.190. The van der Waals surface area contributed by atoms with E-state index in [0.29, 0.717) is 6.54 Å². The summed E-state index contributed by atoms with van der Waals surface area (Å²) in [6, 6.07) is 0. The number of aryl methyl sites for hydroxylation is 1. The minimum Gasteiger partial charge on any atom is -0.348 e. The van der Waals surface area contributed by atoms with E-state index in [9.17, 15) is 10.1 Å².